The van der Waals surface area contributed by atoms with Gasteiger partial charge in [-0.3, -0.25) is 4.79 Å². The smallest absolute Gasteiger partial charge is 0.214 e. The average Bonchev–Trinajstić information content (AvgIpc) is 3.14. The maximum absolute atomic E-state index is 12.5. The van der Waals surface area contributed by atoms with Gasteiger partial charge in [-0.15, -0.1) is 5.10 Å². The molecule has 0 bridgehead atoms. The maximum atomic E-state index is 12.5. The minimum absolute atomic E-state index is 0.0680. The number of thioether (sulfide) groups is 1. The fourth-order valence-corrected chi connectivity index (χ4v) is 3.15. The van der Waals surface area contributed by atoms with E-state index in [1.807, 2.05) is 0 Å². The molecule has 3 rings (SSSR count). The monoisotopic (exact) mass is 390 g/mol. The van der Waals surface area contributed by atoms with Gasteiger partial charge in [-0.05, 0) is 52.9 Å². The van der Waals surface area contributed by atoms with E-state index in [1.165, 1.54) is 18.9 Å². The molecule has 1 heterocycles. The van der Waals surface area contributed by atoms with Crippen molar-refractivity contribution in [1.29, 1.82) is 0 Å². The Hall–Kier alpha value is -2.58. The van der Waals surface area contributed by atoms with Crippen LogP contribution in [0.2, 0.25) is 5.02 Å². The van der Waals surface area contributed by atoms with Crippen molar-refractivity contribution >= 4 is 29.1 Å². The van der Waals surface area contributed by atoms with Crippen molar-refractivity contribution in [2.45, 2.75) is 5.16 Å². The van der Waals surface area contributed by atoms with E-state index in [4.69, 9.17) is 21.1 Å². The van der Waals surface area contributed by atoms with Crippen molar-refractivity contribution in [3.63, 3.8) is 0 Å². The first kappa shape index (κ1) is 18.2. The van der Waals surface area contributed by atoms with Gasteiger partial charge in [-0.25, -0.2) is 0 Å². The molecule has 0 fully saturated rings. The Kier molecular flexibility index (Phi) is 5.75. The van der Waals surface area contributed by atoms with E-state index >= 15 is 0 Å². The number of tetrazole rings is 1. The summed E-state index contributed by atoms with van der Waals surface area (Å²) in [5.41, 5.74) is 1.29. The fourth-order valence-electron chi connectivity index (χ4n) is 2.24. The van der Waals surface area contributed by atoms with Gasteiger partial charge >= 0.3 is 0 Å². The summed E-state index contributed by atoms with van der Waals surface area (Å²) in [4.78, 5) is 12.5. The predicted molar refractivity (Wildman–Crippen MR) is 98.8 cm³/mol. The largest absolute Gasteiger partial charge is 0.493 e. The summed E-state index contributed by atoms with van der Waals surface area (Å²) in [6, 6.07) is 12.2. The first-order valence-corrected chi connectivity index (χ1v) is 8.91. The molecule has 0 radical (unpaired) electrons. The topological polar surface area (TPSA) is 79.1 Å². The van der Waals surface area contributed by atoms with Crippen molar-refractivity contribution in [2.24, 2.45) is 0 Å². The predicted octanol–water partition coefficient (Wildman–Crippen LogP) is 3.31. The SMILES string of the molecule is COc1ccc(C(=O)CSc2nnnn2-c2ccc(Cl)cc2)cc1OC. The molecule has 7 nitrogen and oxygen atoms in total. The summed E-state index contributed by atoms with van der Waals surface area (Å²) in [5, 5.41) is 12.8. The minimum Gasteiger partial charge on any atom is -0.493 e. The van der Waals surface area contributed by atoms with Crippen molar-refractivity contribution < 1.29 is 14.3 Å². The van der Waals surface area contributed by atoms with Crippen LogP contribution in [0.15, 0.2) is 47.6 Å². The van der Waals surface area contributed by atoms with E-state index in [-0.39, 0.29) is 11.5 Å². The standard InChI is InChI=1S/C17H15ClN4O3S/c1-24-15-8-3-11(9-16(15)25-2)14(23)10-26-17-19-20-21-22(17)13-6-4-12(18)5-7-13/h3-9H,10H2,1-2H3. The van der Waals surface area contributed by atoms with Gasteiger partial charge in [0.15, 0.2) is 17.3 Å². The molecule has 0 aliphatic rings. The van der Waals surface area contributed by atoms with Crippen LogP contribution in [0.4, 0.5) is 0 Å². The summed E-state index contributed by atoms with van der Waals surface area (Å²) in [6.45, 7) is 0. The van der Waals surface area contributed by atoms with Crippen LogP contribution in [-0.2, 0) is 0 Å². The molecule has 3 aromatic rings. The van der Waals surface area contributed by atoms with E-state index in [0.29, 0.717) is 27.2 Å². The number of hydrogen-bond donors (Lipinski definition) is 0. The van der Waals surface area contributed by atoms with Crippen molar-refractivity contribution in [1.82, 2.24) is 20.2 Å². The van der Waals surface area contributed by atoms with Gasteiger partial charge in [0, 0.05) is 10.6 Å². The third-order valence-electron chi connectivity index (χ3n) is 3.55. The Morgan fingerprint density at radius 1 is 1.12 bits per heavy atom. The normalized spacial score (nSPS) is 10.6. The van der Waals surface area contributed by atoms with E-state index in [1.54, 1.807) is 54.3 Å². The van der Waals surface area contributed by atoms with Gasteiger partial charge in [0.1, 0.15) is 0 Å². The highest BCUT2D eigenvalue weighted by molar-refractivity contribution is 7.99. The first-order chi connectivity index (χ1) is 12.6. The van der Waals surface area contributed by atoms with Crippen LogP contribution in [0, 0.1) is 0 Å². The molecule has 0 N–H and O–H groups in total. The first-order valence-electron chi connectivity index (χ1n) is 7.54. The molecule has 26 heavy (non-hydrogen) atoms. The summed E-state index contributed by atoms with van der Waals surface area (Å²) >= 11 is 7.15. The van der Waals surface area contributed by atoms with Crippen LogP contribution in [0.25, 0.3) is 5.69 Å². The molecule has 1 aromatic heterocycles. The minimum atomic E-state index is -0.0680. The molecule has 0 aliphatic heterocycles. The summed E-state index contributed by atoms with van der Waals surface area (Å²) in [6.07, 6.45) is 0. The number of ether oxygens (including phenoxy) is 2. The summed E-state index contributed by atoms with van der Waals surface area (Å²) in [7, 11) is 3.08. The van der Waals surface area contributed by atoms with Gasteiger partial charge in [0.2, 0.25) is 5.16 Å². The lowest BCUT2D eigenvalue weighted by atomic mass is 10.1. The third-order valence-corrected chi connectivity index (χ3v) is 4.72. The molecule has 0 spiro atoms. The van der Waals surface area contributed by atoms with Crippen LogP contribution >= 0.6 is 23.4 Å². The number of ketones is 1. The number of benzene rings is 2. The van der Waals surface area contributed by atoms with E-state index < -0.39 is 0 Å². The third kappa shape index (κ3) is 3.97. The number of Topliss-reactive ketones (excluding diaryl/α,β-unsaturated/α-hetero) is 1. The maximum Gasteiger partial charge on any atom is 0.214 e. The highest BCUT2D eigenvalue weighted by Crippen LogP contribution is 2.28. The average molecular weight is 391 g/mol. The second-order valence-corrected chi connectivity index (χ2v) is 6.51. The number of carbonyl (C=O) groups is 1. The van der Waals surface area contributed by atoms with Crippen molar-refractivity contribution in [3.8, 4) is 17.2 Å². The molecule has 0 saturated carbocycles. The Morgan fingerprint density at radius 2 is 1.85 bits per heavy atom. The van der Waals surface area contributed by atoms with Crippen LogP contribution in [0.5, 0.6) is 11.5 Å². The zero-order chi connectivity index (χ0) is 18.5. The Labute approximate surface area is 159 Å². The summed E-state index contributed by atoms with van der Waals surface area (Å²) < 4.78 is 12.0. The molecule has 0 amide bonds. The van der Waals surface area contributed by atoms with Crippen LogP contribution in [0.3, 0.4) is 0 Å². The zero-order valence-corrected chi connectivity index (χ0v) is 15.6. The molecular formula is C17H15ClN4O3S. The van der Waals surface area contributed by atoms with Gasteiger partial charge in [-0.2, -0.15) is 4.68 Å². The van der Waals surface area contributed by atoms with Gasteiger partial charge in [0.05, 0.1) is 25.7 Å². The van der Waals surface area contributed by atoms with Crippen molar-refractivity contribution in [3.05, 3.63) is 53.1 Å². The van der Waals surface area contributed by atoms with Crippen LogP contribution in [0.1, 0.15) is 10.4 Å². The Morgan fingerprint density at radius 3 is 2.54 bits per heavy atom. The lowest BCUT2D eigenvalue weighted by Gasteiger charge is -2.09. The Balaban J connectivity index is 1.73. The molecule has 0 aliphatic carbocycles. The molecule has 0 unspecified atom stereocenters. The number of hydrogen-bond acceptors (Lipinski definition) is 7. The van der Waals surface area contributed by atoms with Crippen LogP contribution < -0.4 is 9.47 Å². The number of rotatable bonds is 7. The highest BCUT2D eigenvalue weighted by Gasteiger charge is 2.15. The van der Waals surface area contributed by atoms with Gasteiger partial charge in [0.25, 0.3) is 0 Å². The molecular weight excluding hydrogens is 376 g/mol. The Bertz CT molecular complexity index is 915. The highest BCUT2D eigenvalue weighted by atomic mass is 35.5. The molecule has 2 aromatic carbocycles. The molecule has 134 valence electrons. The second kappa shape index (κ2) is 8.20. The molecule has 0 saturated heterocycles. The number of halogens is 1. The van der Waals surface area contributed by atoms with Gasteiger partial charge < -0.3 is 9.47 Å². The molecule has 9 heteroatoms. The van der Waals surface area contributed by atoms with Crippen molar-refractivity contribution in [2.75, 3.05) is 20.0 Å². The number of methoxy groups -OCH3 is 2. The number of aromatic nitrogens is 4. The fraction of sp³-hybridized carbons (Fsp3) is 0.176. The quantitative estimate of drug-likeness (QED) is 0.452. The van der Waals surface area contributed by atoms with E-state index in [0.717, 1.165) is 5.69 Å². The lowest BCUT2D eigenvalue weighted by molar-refractivity contribution is 0.102. The number of nitrogens with zero attached hydrogens (tertiary/aromatic N) is 4. The van der Waals surface area contributed by atoms with E-state index in [2.05, 4.69) is 15.5 Å². The van der Waals surface area contributed by atoms with Gasteiger partial charge in [-0.1, -0.05) is 23.4 Å². The zero-order valence-electron chi connectivity index (χ0n) is 14.0. The summed E-state index contributed by atoms with van der Waals surface area (Å²) in [5.74, 6) is 1.20. The second-order valence-electron chi connectivity index (χ2n) is 5.13. The van der Waals surface area contributed by atoms with Crippen LogP contribution in [-0.4, -0.2) is 46.0 Å². The molecule has 0 atom stereocenters. The lowest BCUT2D eigenvalue weighted by Crippen LogP contribution is -2.05. The van der Waals surface area contributed by atoms with E-state index in [9.17, 15) is 4.79 Å². The number of carbonyl (C=O) groups excluding carboxylic acids is 1.